The molecule has 23 heavy (non-hydrogen) atoms. The maximum absolute atomic E-state index is 12.3. The van der Waals surface area contributed by atoms with E-state index in [1.165, 1.54) is 11.3 Å². The van der Waals surface area contributed by atoms with Crippen LogP contribution in [0, 0.1) is 5.92 Å². The van der Waals surface area contributed by atoms with Gasteiger partial charge in [0.25, 0.3) is 0 Å². The molecule has 128 valence electrons. The van der Waals surface area contributed by atoms with Gasteiger partial charge in [-0.3, -0.25) is 9.59 Å². The van der Waals surface area contributed by atoms with E-state index in [0.717, 1.165) is 30.1 Å². The topological polar surface area (TPSA) is 75.2 Å². The molecule has 8 heteroatoms. The summed E-state index contributed by atoms with van der Waals surface area (Å²) in [6, 6.07) is 0. The number of carbonyl (C=O) groups excluding carboxylic acids is 2. The van der Waals surface area contributed by atoms with Gasteiger partial charge in [-0.15, -0.1) is 10.2 Å². The van der Waals surface area contributed by atoms with Crippen molar-refractivity contribution in [3.63, 3.8) is 0 Å². The van der Waals surface area contributed by atoms with Gasteiger partial charge in [0.2, 0.25) is 16.9 Å². The molecule has 1 aliphatic rings. The van der Waals surface area contributed by atoms with Gasteiger partial charge in [0, 0.05) is 24.8 Å². The van der Waals surface area contributed by atoms with Crippen LogP contribution in [0.3, 0.4) is 0 Å². The van der Waals surface area contributed by atoms with Crippen LogP contribution < -0.4 is 5.32 Å². The van der Waals surface area contributed by atoms with Crippen LogP contribution >= 0.6 is 23.1 Å². The number of thioether (sulfide) groups is 1. The molecule has 0 unspecified atom stereocenters. The zero-order valence-electron chi connectivity index (χ0n) is 13.9. The molecule has 2 rings (SSSR count). The van der Waals surface area contributed by atoms with Gasteiger partial charge in [0.15, 0.2) is 4.34 Å². The highest BCUT2D eigenvalue weighted by atomic mass is 32.2. The fourth-order valence-electron chi connectivity index (χ4n) is 2.28. The molecule has 1 aliphatic heterocycles. The van der Waals surface area contributed by atoms with E-state index in [-0.39, 0.29) is 17.7 Å². The Labute approximate surface area is 145 Å². The summed E-state index contributed by atoms with van der Waals surface area (Å²) in [5.74, 6) is -0.341. The number of nitrogens with zero attached hydrogens (tertiary/aromatic N) is 3. The standard InChI is InChI=1S/C15H24N4O2S2/c1-4-6-7-19-9-11(8-12(19)20)13(21)16-14-17-18-15(23-14)22-10(3)5-2/h10-11H,4-9H2,1-3H3,(H,16,17,21)/t10-,11-/m0/s1. The van der Waals surface area contributed by atoms with Crippen molar-refractivity contribution in [2.24, 2.45) is 5.92 Å². The van der Waals surface area contributed by atoms with Gasteiger partial charge in [0.05, 0.1) is 5.92 Å². The molecule has 1 aromatic rings. The number of likely N-dealkylation sites (tertiary alicyclic amines) is 1. The second-order valence-corrected chi connectivity index (χ2v) is 8.46. The predicted molar refractivity (Wildman–Crippen MR) is 93.7 cm³/mol. The van der Waals surface area contributed by atoms with E-state index in [1.807, 2.05) is 0 Å². The molecule has 0 bridgehead atoms. The molecule has 6 nitrogen and oxygen atoms in total. The van der Waals surface area contributed by atoms with Gasteiger partial charge in [-0.2, -0.15) is 0 Å². The number of anilines is 1. The van der Waals surface area contributed by atoms with Gasteiger partial charge < -0.3 is 10.2 Å². The number of amides is 2. The van der Waals surface area contributed by atoms with Crippen LogP contribution in [0.15, 0.2) is 4.34 Å². The molecule has 0 saturated carbocycles. The van der Waals surface area contributed by atoms with Crippen LogP contribution in [0.25, 0.3) is 0 Å². The number of hydrogen-bond acceptors (Lipinski definition) is 6. The van der Waals surface area contributed by atoms with E-state index in [1.54, 1.807) is 16.7 Å². The molecule has 1 fully saturated rings. The lowest BCUT2D eigenvalue weighted by Gasteiger charge is -2.15. The summed E-state index contributed by atoms with van der Waals surface area (Å²) in [7, 11) is 0. The minimum atomic E-state index is -0.283. The van der Waals surface area contributed by atoms with Crippen molar-refractivity contribution < 1.29 is 9.59 Å². The van der Waals surface area contributed by atoms with Crippen molar-refractivity contribution >= 4 is 40.0 Å². The van der Waals surface area contributed by atoms with Crippen molar-refractivity contribution in [1.29, 1.82) is 0 Å². The molecule has 1 N–H and O–H groups in total. The normalized spacial score (nSPS) is 19.2. The molecule has 0 aliphatic carbocycles. The SMILES string of the molecule is CCCCN1C[C@@H](C(=O)Nc2nnc(S[C@@H](C)CC)s2)CC1=O. The summed E-state index contributed by atoms with van der Waals surface area (Å²) in [5, 5.41) is 11.9. The van der Waals surface area contributed by atoms with Gasteiger partial charge in [-0.05, 0) is 12.8 Å². The zero-order chi connectivity index (χ0) is 16.8. The lowest BCUT2D eigenvalue weighted by molar-refractivity contribution is -0.128. The smallest absolute Gasteiger partial charge is 0.231 e. The van der Waals surface area contributed by atoms with E-state index in [0.29, 0.717) is 23.3 Å². The monoisotopic (exact) mass is 356 g/mol. The summed E-state index contributed by atoms with van der Waals surface area (Å²) in [6.45, 7) is 7.61. The Morgan fingerprint density at radius 1 is 1.48 bits per heavy atom. The Balaban J connectivity index is 1.86. The van der Waals surface area contributed by atoms with Crippen molar-refractivity contribution in [2.75, 3.05) is 18.4 Å². The summed E-state index contributed by atoms with van der Waals surface area (Å²) in [6.07, 6.45) is 3.38. The Hall–Kier alpha value is -1.15. The van der Waals surface area contributed by atoms with Crippen LogP contribution in [0.1, 0.15) is 46.5 Å². The van der Waals surface area contributed by atoms with E-state index in [2.05, 4.69) is 36.3 Å². The first-order valence-corrected chi connectivity index (χ1v) is 9.81. The highest BCUT2D eigenvalue weighted by Crippen LogP contribution is 2.30. The van der Waals surface area contributed by atoms with Crippen LogP contribution in [0.2, 0.25) is 0 Å². The second-order valence-electron chi connectivity index (χ2n) is 5.79. The summed E-state index contributed by atoms with van der Waals surface area (Å²) in [5.41, 5.74) is 0. The largest absolute Gasteiger partial charge is 0.342 e. The number of carbonyl (C=O) groups is 2. The molecule has 2 atom stereocenters. The third-order valence-electron chi connectivity index (χ3n) is 3.88. The molecule has 0 spiro atoms. The molecule has 0 radical (unpaired) electrons. The molecule has 2 amide bonds. The van der Waals surface area contributed by atoms with Crippen LogP contribution in [0.4, 0.5) is 5.13 Å². The van der Waals surface area contributed by atoms with E-state index < -0.39 is 0 Å². The Kier molecular flexibility index (Phi) is 6.83. The fraction of sp³-hybridized carbons (Fsp3) is 0.733. The number of rotatable bonds is 8. The lowest BCUT2D eigenvalue weighted by atomic mass is 10.1. The fourth-order valence-corrected chi connectivity index (χ4v) is 4.28. The Morgan fingerprint density at radius 2 is 2.26 bits per heavy atom. The molecule has 1 saturated heterocycles. The molecule has 0 aromatic carbocycles. The maximum atomic E-state index is 12.3. The maximum Gasteiger partial charge on any atom is 0.231 e. The van der Waals surface area contributed by atoms with Crippen LogP contribution in [-0.2, 0) is 9.59 Å². The third kappa shape index (κ3) is 5.17. The van der Waals surface area contributed by atoms with Crippen molar-refractivity contribution in [2.45, 2.75) is 56.0 Å². The average Bonchev–Trinajstić information content (AvgIpc) is 3.11. The van der Waals surface area contributed by atoms with E-state index in [4.69, 9.17) is 0 Å². The van der Waals surface area contributed by atoms with Crippen molar-refractivity contribution in [3.8, 4) is 0 Å². The molecular weight excluding hydrogens is 332 g/mol. The third-order valence-corrected chi connectivity index (χ3v) is 6.07. The van der Waals surface area contributed by atoms with Gasteiger partial charge in [-0.1, -0.05) is 50.3 Å². The Bertz CT molecular complexity index is 549. The molecule has 2 heterocycles. The van der Waals surface area contributed by atoms with Crippen LogP contribution in [0.5, 0.6) is 0 Å². The number of aromatic nitrogens is 2. The Morgan fingerprint density at radius 3 is 2.96 bits per heavy atom. The second kappa shape index (κ2) is 8.63. The molecular formula is C15H24N4O2S2. The van der Waals surface area contributed by atoms with Crippen molar-refractivity contribution in [1.82, 2.24) is 15.1 Å². The minimum Gasteiger partial charge on any atom is -0.342 e. The van der Waals surface area contributed by atoms with Gasteiger partial charge >= 0.3 is 0 Å². The number of hydrogen-bond donors (Lipinski definition) is 1. The lowest BCUT2D eigenvalue weighted by Crippen LogP contribution is -2.29. The number of nitrogens with one attached hydrogen (secondary N) is 1. The summed E-state index contributed by atoms with van der Waals surface area (Å²) < 4.78 is 0.863. The summed E-state index contributed by atoms with van der Waals surface area (Å²) in [4.78, 5) is 26.0. The zero-order valence-corrected chi connectivity index (χ0v) is 15.5. The first-order chi connectivity index (χ1) is 11.0. The van der Waals surface area contributed by atoms with Gasteiger partial charge in [-0.25, -0.2) is 0 Å². The van der Waals surface area contributed by atoms with Crippen molar-refractivity contribution in [3.05, 3.63) is 0 Å². The average molecular weight is 357 g/mol. The first-order valence-electron chi connectivity index (χ1n) is 8.12. The predicted octanol–water partition coefficient (Wildman–Crippen LogP) is 3.02. The molecule has 1 aromatic heterocycles. The first kappa shape index (κ1) is 18.2. The highest BCUT2D eigenvalue weighted by molar-refractivity contribution is 8.01. The van der Waals surface area contributed by atoms with E-state index in [9.17, 15) is 9.59 Å². The minimum absolute atomic E-state index is 0.0730. The quantitative estimate of drug-likeness (QED) is 0.572. The highest BCUT2D eigenvalue weighted by Gasteiger charge is 2.34. The van der Waals surface area contributed by atoms with Crippen LogP contribution in [-0.4, -0.2) is 45.3 Å². The van der Waals surface area contributed by atoms with E-state index >= 15 is 0 Å². The van der Waals surface area contributed by atoms with Gasteiger partial charge in [0.1, 0.15) is 0 Å². The number of unbranched alkanes of at least 4 members (excludes halogenated alkanes) is 1. The summed E-state index contributed by atoms with van der Waals surface area (Å²) >= 11 is 3.05.